The van der Waals surface area contributed by atoms with Crippen LogP contribution >= 0.6 is 35.2 Å². The Hall–Kier alpha value is 0.490. The van der Waals surface area contributed by atoms with Crippen LogP contribution < -0.4 is 0 Å². The smallest absolute Gasteiger partial charge is 0.0654 e. The highest BCUT2D eigenvalue weighted by Gasteiger charge is 1.81. The lowest BCUT2D eigenvalue weighted by molar-refractivity contribution is 1.08. The van der Waals surface area contributed by atoms with Gasteiger partial charge >= 0.3 is 0 Å². The molecule has 0 unspecified atom stereocenters. The Labute approximate surface area is 68.8 Å². The third-order valence-corrected chi connectivity index (χ3v) is 1.30. The molecule has 0 bridgehead atoms. The zero-order chi connectivity index (χ0) is 6.41. The van der Waals surface area contributed by atoms with Crippen molar-refractivity contribution in [3.63, 3.8) is 0 Å². The van der Waals surface area contributed by atoms with E-state index >= 15 is 0 Å². The number of aliphatic imine (C=N–C) groups is 1. The van der Waals surface area contributed by atoms with Gasteiger partial charge in [0.05, 0.1) is 4.22 Å². The predicted octanol–water partition coefficient (Wildman–Crippen LogP) is 2.63. The maximum atomic E-state index is 4.01. The van der Waals surface area contributed by atoms with E-state index in [1.165, 1.54) is 0 Å². The molecule has 0 aromatic heterocycles. The minimum absolute atomic E-state index is 0.947. The van der Waals surface area contributed by atoms with E-state index in [0.29, 0.717) is 0 Å². The second kappa shape index (κ2) is 5.62. The number of hydrogen-bond acceptors (Lipinski definition) is 2. The largest absolute Gasteiger partial charge is 0.254 e. The van der Waals surface area contributed by atoms with Crippen LogP contribution in [0.15, 0.2) is 16.1 Å². The minimum Gasteiger partial charge on any atom is -0.254 e. The zero-order valence-corrected chi connectivity index (χ0v) is 7.69. The first kappa shape index (κ1) is 8.49. The first-order valence-electron chi connectivity index (χ1n) is 2.31. The van der Waals surface area contributed by atoms with E-state index in [-0.39, 0.29) is 0 Å². The van der Waals surface area contributed by atoms with Gasteiger partial charge < -0.3 is 0 Å². The van der Waals surface area contributed by atoms with Crippen molar-refractivity contribution in [3.05, 3.63) is 11.1 Å². The molecule has 0 aliphatic rings. The molecule has 0 aromatic rings. The van der Waals surface area contributed by atoms with Gasteiger partial charge in [0.15, 0.2) is 0 Å². The summed E-state index contributed by atoms with van der Waals surface area (Å²) < 4.78 is 1.74. The van der Waals surface area contributed by atoms with E-state index in [2.05, 4.69) is 40.2 Å². The monoisotopic (exact) mass is 241 g/mol. The summed E-state index contributed by atoms with van der Waals surface area (Å²) in [4.78, 5) is 4.01. The van der Waals surface area contributed by atoms with Crippen LogP contribution in [0.2, 0.25) is 0 Å². The van der Waals surface area contributed by atoms with E-state index in [9.17, 15) is 0 Å². The molecule has 3 heteroatoms. The van der Waals surface area contributed by atoms with Gasteiger partial charge in [-0.05, 0) is 34.4 Å². The number of nitrogens with zero attached hydrogens (tertiary/aromatic N) is 1. The van der Waals surface area contributed by atoms with Crippen LogP contribution in [0.1, 0.15) is 13.3 Å². The molecule has 0 saturated carbocycles. The third kappa shape index (κ3) is 3.49. The van der Waals surface area contributed by atoms with Gasteiger partial charge in [0.1, 0.15) is 0 Å². The summed E-state index contributed by atoms with van der Waals surface area (Å²) in [5.74, 6) is 0. The van der Waals surface area contributed by atoms with Gasteiger partial charge in [0, 0.05) is 5.70 Å². The molecule has 0 atom stereocenters. The molecule has 0 aliphatic heterocycles. The van der Waals surface area contributed by atoms with Crippen LogP contribution in [0.5, 0.6) is 0 Å². The summed E-state index contributed by atoms with van der Waals surface area (Å²) in [6.45, 7) is 2.05. The Morgan fingerprint density at radius 2 is 2.50 bits per heavy atom. The second-order valence-electron chi connectivity index (χ2n) is 1.20. The van der Waals surface area contributed by atoms with Crippen LogP contribution in [0.3, 0.4) is 0 Å². The van der Waals surface area contributed by atoms with Gasteiger partial charge in [0.2, 0.25) is 0 Å². The highest BCUT2D eigenvalue weighted by Crippen LogP contribution is 2.02. The standard InChI is InChI=1S/C5H8INS/c1-2-5(3-8)7-4-6/h3-4,8H,2H2,1H3/b5-3-,7-4-. The summed E-state index contributed by atoms with van der Waals surface area (Å²) >= 11 is 6.03. The Bertz CT molecular complexity index is 106. The summed E-state index contributed by atoms with van der Waals surface area (Å²) in [5.41, 5.74) is 1.02. The zero-order valence-electron chi connectivity index (χ0n) is 4.63. The van der Waals surface area contributed by atoms with Crippen molar-refractivity contribution >= 4 is 39.4 Å². The lowest BCUT2D eigenvalue weighted by Gasteiger charge is -1.88. The molecule has 1 nitrogen and oxygen atoms in total. The molecule has 0 fully saturated rings. The Morgan fingerprint density at radius 3 is 2.62 bits per heavy atom. The Morgan fingerprint density at radius 1 is 1.88 bits per heavy atom. The highest BCUT2D eigenvalue weighted by atomic mass is 127. The molecule has 0 aromatic carbocycles. The normalized spacial score (nSPS) is 13.1. The van der Waals surface area contributed by atoms with Crippen molar-refractivity contribution in [3.8, 4) is 0 Å². The highest BCUT2D eigenvalue weighted by molar-refractivity contribution is 14.1. The van der Waals surface area contributed by atoms with Crippen LogP contribution in [-0.2, 0) is 0 Å². The topological polar surface area (TPSA) is 12.4 Å². The van der Waals surface area contributed by atoms with Crippen LogP contribution in [0.4, 0.5) is 0 Å². The lowest BCUT2D eigenvalue weighted by Crippen LogP contribution is -1.69. The molecule has 8 heavy (non-hydrogen) atoms. The van der Waals surface area contributed by atoms with Crippen molar-refractivity contribution in [1.82, 2.24) is 0 Å². The van der Waals surface area contributed by atoms with E-state index < -0.39 is 0 Å². The van der Waals surface area contributed by atoms with Gasteiger partial charge in [-0.1, -0.05) is 6.92 Å². The third-order valence-electron chi connectivity index (χ3n) is 0.726. The first-order valence-corrected chi connectivity index (χ1v) is 4.07. The summed E-state index contributed by atoms with van der Waals surface area (Å²) in [5, 5.41) is 1.72. The van der Waals surface area contributed by atoms with Crippen molar-refractivity contribution in [2.45, 2.75) is 13.3 Å². The quantitative estimate of drug-likeness (QED) is 0.433. The molecular weight excluding hydrogens is 233 g/mol. The fourth-order valence-electron chi connectivity index (χ4n) is 0.279. The summed E-state index contributed by atoms with van der Waals surface area (Å²) in [6.07, 6.45) is 0.947. The molecular formula is C5H8INS. The van der Waals surface area contributed by atoms with E-state index in [0.717, 1.165) is 12.1 Å². The maximum absolute atomic E-state index is 4.01. The SMILES string of the molecule is CCC(=C/S)/N=C\I. The second-order valence-corrected chi connectivity index (χ2v) is 2.02. The van der Waals surface area contributed by atoms with Gasteiger partial charge in [-0.3, -0.25) is 4.99 Å². The van der Waals surface area contributed by atoms with Crippen molar-refractivity contribution < 1.29 is 0 Å². The molecule has 0 heterocycles. The van der Waals surface area contributed by atoms with E-state index in [1.54, 1.807) is 9.63 Å². The molecule has 0 radical (unpaired) electrons. The molecule has 0 amide bonds. The minimum atomic E-state index is 0.947. The molecule has 0 N–H and O–H groups in total. The fourth-order valence-corrected chi connectivity index (χ4v) is 0.886. The number of thiol groups is 1. The van der Waals surface area contributed by atoms with Crippen molar-refractivity contribution in [1.29, 1.82) is 0 Å². The number of rotatable bonds is 2. The van der Waals surface area contributed by atoms with Gasteiger partial charge in [-0.25, -0.2) is 0 Å². The van der Waals surface area contributed by atoms with E-state index in [1.807, 2.05) is 6.92 Å². The number of allylic oxidation sites excluding steroid dienone is 1. The summed E-state index contributed by atoms with van der Waals surface area (Å²) in [7, 11) is 0. The van der Waals surface area contributed by atoms with Crippen LogP contribution in [-0.4, -0.2) is 4.22 Å². The van der Waals surface area contributed by atoms with Gasteiger partial charge in [-0.15, -0.1) is 12.6 Å². The van der Waals surface area contributed by atoms with E-state index in [4.69, 9.17) is 0 Å². The average Bonchev–Trinajstić information content (AvgIpc) is 1.83. The lowest BCUT2D eigenvalue weighted by atomic mass is 10.4. The predicted molar refractivity (Wildman–Crippen MR) is 49.9 cm³/mol. The van der Waals surface area contributed by atoms with Crippen molar-refractivity contribution in [2.75, 3.05) is 0 Å². The molecule has 0 spiro atoms. The molecule has 0 saturated heterocycles. The fraction of sp³-hybridized carbons (Fsp3) is 0.400. The number of hydrogen-bond donors (Lipinski definition) is 1. The Balaban J connectivity index is 3.72. The molecule has 0 rings (SSSR count). The molecule has 46 valence electrons. The van der Waals surface area contributed by atoms with Gasteiger partial charge in [0.25, 0.3) is 0 Å². The van der Waals surface area contributed by atoms with Crippen LogP contribution in [0.25, 0.3) is 0 Å². The van der Waals surface area contributed by atoms with Crippen LogP contribution in [0, 0.1) is 0 Å². The van der Waals surface area contributed by atoms with Crippen molar-refractivity contribution in [2.24, 2.45) is 4.99 Å². The Kier molecular flexibility index (Phi) is 5.97. The summed E-state index contributed by atoms with van der Waals surface area (Å²) in [6, 6.07) is 0. The van der Waals surface area contributed by atoms with Gasteiger partial charge in [-0.2, -0.15) is 0 Å². The first-order chi connectivity index (χ1) is 3.85. The maximum Gasteiger partial charge on any atom is 0.0654 e. The molecule has 0 aliphatic carbocycles. The number of halogens is 1. The average molecular weight is 241 g/mol.